The van der Waals surface area contributed by atoms with Crippen LogP contribution in [-0.4, -0.2) is 29.3 Å². The van der Waals surface area contributed by atoms with Crippen LogP contribution < -0.4 is 5.73 Å². The molecule has 0 aliphatic rings. The predicted molar refractivity (Wildman–Crippen MR) is 47.2 cm³/mol. The Kier molecular flexibility index (Phi) is 6.17. The predicted octanol–water partition coefficient (Wildman–Crippen LogP) is 0.695. The molecule has 0 aromatic carbocycles. The van der Waals surface area contributed by atoms with Crippen LogP contribution in [0.15, 0.2) is 0 Å². The second-order valence-electron chi connectivity index (χ2n) is 2.82. The Balaban J connectivity index is 3.03. The summed E-state index contributed by atoms with van der Waals surface area (Å²) in [6.45, 7) is 4.72. The van der Waals surface area contributed by atoms with Crippen molar-refractivity contribution >= 4 is 11.8 Å². The molecule has 0 rings (SSSR count). The molecular weight excluding hydrogens is 146 g/mol. The first-order valence-corrected chi connectivity index (χ1v) is 4.78. The average molecular weight is 163 g/mol. The SMILES string of the molecule is CC(C)CSC[C@@H](O)CN. The van der Waals surface area contributed by atoms with E-state index in [0.717, 1.165) is 11.5 Å². The Morgan fingerprint density at radius 2 is 2.00 bits per heavy atom. The van der Waals surface area contributed by atoms with Gasteiger partial charge in [-0.2, -0.15) is 11.8 Å². The van der Waals surface area contributed by atoms with Crippen LogP contribution in [0.2, 0.25) is 0 Å². The van der Waals surface area contributed by atoms with Gasteiger partial charge in [-0.05, 0) is 11.7 Å². The van der Waals surface area contributed by atoms with Gasteiger partial charge in [-0.25, -0.2) is 0 Å². The number of hydrogen-bond donors (Lipinski definition) is 2. The summed E-state index contributed by atoms with van der Waals surface area (Å²) in [6, 6.07) is 0. The fourth-order valence-electron chi connectivity index (χ4n) is 0.508. The molecule has 0 saturated heterocycles. The Hall–Kier alpha value is 0.270. The van der Waals surface area contributed by atoms with E-state index in [9.17, 15) is 0 Å². The van der Waals surface area contributed by atoms with Gasteiger partial charge in [0.05, 0.1) is 6.10 Å². The lowest BCUT2D eigenvalue weighted by molar-refractivity contribution is 0.208. The van der Waals surface area contributed by atoms with Gasteiger partial charge >= 0.3 is 0 Å². The number of rotatable bonds is 5. The van der Waals surface area contributed by atoms with E-state index in [-0.39, 0.29) is 6.10 Å². The maximum absolute atomic E-state index is 9.02. The Bertz CT molecular complexity index is 78.0. The minimum atomic E-state index is -0.316. The number of nitrogens with two attached hydrogens (primary N) is 1. The minimum absolute atomic E-state index is 0.316. The number of hydrogen-bond acceptors (Lipinski definition) is 3. The molecule has 0 aromatic rings. The van der Waals surface area contributed by atoms with E-state index < -0.39 is 0 Å². The molecule has 0 fully saturated rings. The molecule has 0 bridgehead atoms. The maximum Gasteiger partial charge on any atom is 0.0752 e. The van der Waals surface area contributed by atoms with Gasteiger partial charge in [0.2, 0.25) is 0 Å². The van der Waals surface area contributed by atoms with Crippen molar-refractivity contribution in [1.82, 2.24) is 0 Å². The van der Waals surface area contributed by atoms with E-state index in [4.69, 9.17) is 10.8 Å². The Morgan fingerprint density at radius 1 is 1.40 bits per heavy atom. The fraction of sp³-hybridized carbons (Fsp3) is 1.00. The molecule has 3 heteroatoms. The molecule has 0 spiro atoms. The summed E-state index contributed by atoms with van der Waals surface area (Å²) in [4.78, 5) is 0. The zero-order chi connectivity index (χ0) is 7.98. The normalized spacial score (nSPS) is 14.1. The summed E-state index contributed by atoms with van der Waals surface area (Å²) in [6.07, 6.45) is -0.316. The van der Waals surface area contributed by atoms with E-state index >= 15 is 0 Å². The van der Waals surface area contributed by atoms with E-state index in [1.165, 1.54) is 0 Å². The molecule has 0 amide bonds. The van der Waals surface area contributed by atoms with E-state index in [1.807, 2.05) is 0 Å². The first-order chi connectivity index (χ1) is 4.66. The quantitative estimate of drug-likeness (QED) is 0.627. The van der Waals surface area contributed by atoms with Crippen LogP contribution in [-0.2, 0) is 0 Å². The molecular formula is C7H17NOS. The van der Waals surface area contributed by atoms with Crippen molar-refractivity contribution in [2.24, 2.45) is 11.7 Å². The maximum atomic E-state index is 9.02. The van der Waals surface area contributed by atoms with Crippen molar-refractivity contribution < 1.29 is 5.11 Å². The highest BCUT2D eigenvalue weighted by atomic mass is 32.2. The standard InChI is InChI=1S/C7H17NOS/c1-6(2)4-10-5-7(9)3-8/h6-7,9H,3-5,8H2,1-2H3/t7-/m0/s1. The molecule has 0 heterocycles. The van der Waals surface area contributed by atoms with Gasteiger partial charge in [0, 0.05) is 12.3 Å². The highest BCUT2D eigenvalue weighted by Gasteiger charge is 2.01. The molecule has 0 saturated carbocycles. The first-order valence-electron chi connectivity index (χ1n) is 3.62. The van der Waals surface area contributed by atoms with Gasteiger partial charge in [0.25, 0.3) is 0 Å². The fourth-order valence-corrected chi connectivity index (χ4v) is 1.52. The molecule has 3 N–H and O–H groups in total. The van der Waals surface area contributed by atoms with E-state index in [1.54, 1.807) is 11.8 Å². The van der Waals surface area contributed by atoms with Gasteiger partial charge < -0.3 is 10.8 Å². The first kappa shape index (κ1) is 10.3. The van der Waals surface area contributed by atoms with Crippen molar-refractivity contribution in [2.75, 3.05) is 18.1 Å². The van der Waals surface area contributed by atoms with Gasteiger partial charge in [-0.1, -0.05) is 13.8 Å². The van der Waals surface area contributed by atoms with Crippen LogP contribution in [0.4, 0.5) is 0 Å². The molecule has 0 aliphatic heterocycles. The molecule has 62 valence electrons. The number of thioether (sulfide) groups is 1. The highest BCUT2D eigenvalue weighted by molar-refractivity contribution is 7.99. The van der Waals surface area contributed by atoms with Crippen molar-refractivity contribution in [3.05, 3.63) is 0 Å². The van der Waals surface area contributed by atoms with Crippen molar-refractivity contribution in [3.8, 4) is 0 Å². The highest BCUT2D eigenvalue weighted by Crippen LogP contribution is 2.07. The largest absolute Gasteiger partial charge is 0.391 e. The van der Waals surface area contributed by atoms with Gasteiger partial charge in [0.1, 0.15) is 0 Å². The second-order valence-corrected chi connectivity index (χ2v) is 3.90. The molecule has 10 heavy (non-hydrogen) atoms. The van der Waals surface area contributed by atoms with Crippen LogP contribution in [0, 0.1) is 5.92 Å². The number of aliphatic hydroxyl groups is 1. The summed E-state index contributed by atoms with van der Waals surface area (Å²) in [5.41, 5.74) is 5.23. The summed E-state index contributed by atoms with van der Waals surface area (Å²) in [5, 5.41) is 9.02. The van der Waals surface area contributed by atoms with E-state index in [2.05, 4.69) is 13.8 Å². The van der Waals surface area contributed by atoms with Gasteiger partial charge in [-0.15, -0.1) is 0 Å². The lowest BCUT2D eigenvalue weighted by Crippen LogP contribution is -2.22. The van der Waals surface area contributed by atoms with Crippen molar-refractivity contribution in [2.45, 2.75) is 20.0 Å². The third kappa shape index (κ3) is 6.39. The van der Waals surface area contributed by atoms with E-state index in [0.29, 0.717) is 12.5 Å². The monoisotopic (exact) mass is 163 g/mol. The molecule has 0 unspecified atom stereocenters. The third-order valence-corrected chi connectivity index (χ3v) is 2.56. The van der Waals surface area contributed by atoms with Crippen molar-refractivity contribution in [3.63, 3.8) is 0 Å². The zero-order valence-electron chi connectivity index (χ0n) is 6.71. The molecule has 0 aromatic heterocycles. The molecule has 2 nitrogen and oxygen atoms in total. The summed E-state index contributed by atoms with van der Waals surface area (Å²) >= 11 is 1.76. The summed E-state index contributed by atoms with van der Waals surface area (Å²) in [5.74, 6) is 2.58. The third-order valence-electron chi connectivity index (χ3n) is 1.03. The zero-order valence-corrected chi connectivity index (χ0v) is 7.53. The molecule has 0 aliphatic carbocycles. The second kappa shape index (κ2) is 6.01. The summed E-state index contributed by atoms with van der Waals surface area (Å²) < 4.78 is 0. The van der Waals surface area contributed by atoms with Gasteiger partial charge in [0.15, 0.2) is 0 Å². The van der Waals surface area contributed by atoms with Crippen LogP contribution in [0.1, 0.15) is 13.8 Å². The molecule has 1 atom stereocenters. The Labute approximate surface area is 67.2 Å². The lowest BCUT2D eigenvalue weighted by atomic mass is 10.3. The molecule has 0 radical (unpaired) electrons. The van der Waals surface area contributed by atoms with Gasteiger partial charge in [-0.3, -0.25) is 0 Å². The smallest absolute Gasteiger partial charge is 0.0752 e. The van der Waals surface area contributed by atoms with Crippen LogP contribution >= 0.6 is 11.8 Å². The topological polar surface area (TPSA) is 46.2 Å². The van der Waals surface area contributed by atoms with Crippen LogP contribution in [0.5, 0.6) is 0 Å². The van der Waals surface area contributed by atoms with Crippen LogP contribution in [0.3, 0.4) is 0 Å². The lowest BCUT2D eigenvalue weighted by Gasteiger charge is -2.07. The van der Waals surface area contributed by atoms with Crippen molar-refractivity contribution in [1.29, 1.82) is 0 Å². The average Bonchev–Trinajstić information content (AvgIpc) is 1.87. The summed E-state index contributed by atoms with van der Waals surface area (Å²) in [7, 11) is 0. The minimum Gasteiger partial charge on any atom is -0.391 e. The number of aliphatic hydroxyl groups excluding tert-OH is 1. The van der Waals surface area contributed by atoms with Crippen LogP contribution in [0.25, 0.3) is 0 Å². The Morgan fingerprint density at radius 3 is 2.40 bits per heavy atom.